The van der Waals surface area contributed by atoms with Crippen molar-refractivity contribution < 1.29 is 4.79 Å². The van der Waals surface area contributed by atoms with Crippen LogP contribution < -0.4 is 10.6 Å². The van der Waals surface area contributed by atoms with Crippen molar-refractivity contribution in [1.82, 2.24) is 10.6 Å². The number of hydrogen-bond acceptors (Lipinski definition) is 2. The summed E-state index contributed by atoms with van der Waals surface area (Å²) in [6, 6.07) is 0.546. The van der Waals surface area contributed by atoms with Crippen LogP contribution >= 0.6 is 0 Å². The van der Waals surface area contributed by atoms with Gasteiger partial charge in [0.1, 0.15) is 0 Å². The van der Waals surface area contributed by atoms with Gasteiger partial charge in [0, 0.05) is 12.6 Å². The van der Waals surface area contributed by atoms with E-state index in [1.807, 2.05) is 0 Å². The highest BCUT2D eigenvalue weighted by molar-refractivity contribution is 5.81. The smallest absolute Gasteiger partial charge is 0.237 e. The van der Waals surface area contributed by atoms with E-state index in [1.165, 1.54) is 25.7 Å². The Labute approximate surface area is 105 Å². The third kappa shape index (κ3) is 3.21. The maximum atomic E-state index is 11.9. The third-order valence-corrected chi connectivity index (χ3v) is 4.44. The summed E-state index contributed by atoms with van der Waals surface area (Å²) in [6.45, 7) is 5.52. The van der Waals surface area contributed by atoms with Gasteiger partial charge in [-0.05, 0) is 37.5 Å². The van der Waals surface area contributed by atoms with Gasteiger partial charge < -0.3 is 10.6 Å². The van der Waals surface area contributed by atoms with Crippen molar-refractivity contribution in [2.75, 3.05) is 6.54 Å². The molecule has 2 atom stereocenters. The van der Waals surface area contributed by atoms with E-state index >= 15 is 0 Å². The van der Waals surface area contributed by atoms with E-state index in [-0.39, 0.29) is 11.9 Å². The highest BCUT2D eigenvalue weighted by Crippen LogP contribution is 2.35. The normalized spacial score (nSPS) is 33.9. The summed E-state index contributed by atoms with van der Waals surface area (Å²) < 4.78 is 0. The van der Waals surface area contributed by atoms with Crippen LogP contribution in [0.1, 0.15) is 58.8 Å². The van der Waals surface area contributed by atoms with Crippen LogP contribution in [-0.2, 0) is 4.79 Å². The lowest BCUT2D eigenvalue weighted by Gasteiger charge is -2.40. The molecule has 1 aliphatic heterocycles. The molecule has 0 radical (unpaired) electrons. The molecular weight excluding hydrogens is 212 g/mol. The molecule has 0 aromatic heterocycles. The summed E-state index contributed by atoms with van der Waals surface area (Å²) in [7, 11) is 0. The van der Waals surface area contributed by atoms with Crippen LogP contribution in [0.4, 0.5) is 0 Å². The predicted octanol–water partition coefficient (Wildman–Crippen LogP) is 2.21. The van der Waals surface area contributed by atoms with Crippen molar-refractivity contribution in [3.63, 3.8) is 0 Å². The monoisotopic (exact) mass is 238 g/mol. The topological polar surface area (TPSA) is 41.1 Å². The van der Waals surface area contributed by atoms with E-state index in [9.17, 15) is 4.79 Å². The zero-order chi connectivity index (χ0) is 12.3. The molecule has 3 nitrogen and oxygen atoms in total. The second kappa shape index (κ2) is 5.38. The minimum absolute atomic E-state index is 0.0416. The number of nitrogens with one attached hydrogen (secondary N) is 2. The summed E-state index contributed by atoms with van der Waals surface area (Å²) in [5.74, 6) is 0.212. The number of carbonyl (C=O) groups excluding carboxylic acids is 1. The van der Waals surface area contributed by atoms with Gasteiger partial charge >= 0.3 is 0 Å². The van der Waals surface area contributed by atoms with Crippen molar-refractivity contribution in [1.29, 1.82) is 0 Å². The highest BCUT2D eigenvalue weighted by atomic mass is 16.2. The first kappa shape index (κ1) is 12.9. The fourth-order valence-corrected chi connectivity index (χ4v) is 3.14. The van der Waals surface area contributed by atoms with Crippen molar-refractivity contribution in [3.8, 4) is 0 Å². The van der Waals surface area contributed by atoms with Gasteiger partial charge in [-0.2, -0.15) is 0 Å². The van der Waals surface area contributed by atoms with Crippen LogP contribution in [0.5, 0.6) is 0 Å². The van der Waals surface area contributed by atoms with Crippen LogP contribution in [0.3, 0.4) is 0 Å². The van der Waals surface area contributed by atoms with Crippen LogP contribution in [0, 0.1) is 5.41 Å². The maximum absolute atomic E-state index is 11.9. The van der Waals surface area contributed by atoms with Crippen molar-refractivity contribution in [2.24, 2.45) is 5.41 Å². The Hall–Kier alpha value is -0.570. The quantitative estimate of drug-likeness (QED) is 0.774. The van der Waals surface area contributed by atoms with Gasteiger partial charge in [-0.1, -0.05) is 26.7 Å². The van der Waals surface area contributed by atoms with E-state index in [1.54, 1.807) is 0 Å². The van der Waals surface area contributed by atoms with Crippen LogP contribution in [0.2, 0.25) is 0 Å². The average Bonchev–Trinajstić information content (AvgIpc) is 2.47. The lowest BCUT2D eigenvalue weighted by molar-refractivity contribution is -0.123. The van der Waals surface area contributed by atoms with E-state index in [0.717, 1.165) is 25.8 Å². The molecule has 0 bridgehead atoms. The van der Waals surface area contributed by atoms with Gasteiger partial charge in [-0.3, -0.25) is 4.79 Å². The number of hydrogen-bond donors (Lipinski definition) is 2. The fourth-order valence-electron chi connectivity index (χ4n) is 3.14. The summed E-state index contributed by atoms with van der Waals surface area (Å²) >= 11 is 0. The molecule has 2 N–H and O–H groups in total. The second-order valence-corrected chi connectivity index (χ2v) is 6.29. The second-order valence-electron chi connectivity index (χ2n) is 6.29. The maximum Gasteiger partial charge on any atom is 0.237 e. The zero-order valence-corrected chi connectivity index (χ0v) is 11.2. The standard InChI is InChI=1S/C14H26N2O/c1-14(2)9-5-3-8-12(14)16-11-7-4-6-10-15-13(11)17/h11-12,16H,3-10H2,1-2H3,(H,15,17). The summed E-state index contributed by atoms with van der Waals surface area (Å²) in [5, 5.41) is 6.64. The molecule has 1 heterocycles. The molecule has 1 saturated heterocycles. The van der Waals surface area contributed by atoms with Gasteiger partial charge in [-0.15, -0.1) is 0 Å². The highest BCUT2D eigenvalue weighted by Gasteiger charge is 2.34. The molecule has 3 heteroatoms. The Bertz CT molecular complexity index is 275. The van der Waals surface area contributed by atoms with Gasteiger partial charge in [0.2, 0.25) is 5.91 Å². The zero-order valence-electron chi connectivity index (χ0n) is 11.2. The Morgan fingerprint density at radius 3 is 2.71 bits per heavy atom. The Balaban J connectivity index is 1.96. The SMILES string of the molecule is CC1(C)CCCCC1NC1CCCCNC1=O. The van der Waals surface area contributed by atoms with E-state index in [0.29, 0.717) is 11.5 Å². The lowest BCUT2D eigenvalue weighted by Crippen LogP contribution is -2.53. The first-order chi connectivity index (χ1) is 8.09. The van der Waals surface area contributed by atoms with E-state index < -0.39 is 0 Å². The molecule has 0 aromatic carbocycles. The van der Waals surface area contributed by atoms with Crippen LogP contribution in [0.15, 0.2) is 0 Å². The molecule has 1 saturated carbocycles. The van der Waals surface area contributed by atoms with E-state index in [2.05, 4.69) is 24.5 Å². The molecule has 0 spiro atoms. The minimum Gasteiger partial charge on any atom is -0.355 e. The van der Waals surface area contributed by atoms with Crippen molar-refractivity contribution in [3.05, 3.63) is 0 Å². The average molecular weight is 238 g/mol. The van der Waals surface area contributed by atoms with Crippen molar-refractivity contribution in [2.45, 2.75) is 70.9 Å². The summed E-state index contributed by atoms with van der Waals surface area (Å²) in [4.78, 5) is 11.9. The molecular formula is C14H26N2O. The molecule has 0 aromatic rings. The fraction of sp³-hybridized carbons (Fsp3) is 0.929. The van der Waals surface area contributed by atoms with Gasteiger partial charge in [0.05, 0.1) is 6.04 Å². The van der Waals surface area contributed by atoms with Crippen LogP contribution in [0.25, 0.3) is 0 Å². The Kier molecular flexibility index (Phi) is 4.08. The Morgan fingerprint density at radius 2 is 1.94 bits per heavy atom. The number of carbonyl (C=O) groups is 1. The molecule has 1 amide bonds. The molecule has 2 rings (SSSR count). The molecule has 1 aliphatic carbocycles. The molecule has 2 fully saturated rings. The molecule has 2 unspecified atom stereocenters. The lowest BCUT2D eigenvalue weighted by atomic mass is 9.73. The summed E-state index contributed by atoms with van der Waals surface area (Å²) in [5.41, 5.74) is 0.338. The van der Waals surface area contributed by atoms with Gasteiger partial charge in [0.15, 0.2) is 0 Å². The molecule has 17 heavy (non-hydrogen) atoms. The van der Waals surface area contributed by atoms with Crippen molar-refractivity contribution >= 4 is 5.91 Å². The largest absolute Gasteiger partial charge is 0.355 e. The Morgan fingerprint density at radius 1 is 1.18 bits per heavy atom. The third-order valence-electron chi connectivity index (χ3n) is 4.44. The number of rotatable bonds is 2. The van der Waals surface area contributed by atoms with Gasteiger partial charge in [-0.25, -0.2) is 0 Å². The first-order valence-electron chi connectivity index (χ1n) is 7.13. The first-order valence-corrected chi connectivity index (χ1v) is 7.13. The minimum atomic E-state index is 0.0416. The molecule has 2 aliphatic rings. The van der Waals surface area contributed by atoms with Gasteiger partial charge in [0.25, 0.3) is 0 Å². The van der Waals surface area contributed by atoms with E-state index in [4.69, 9.17) is 0 Å². The van der Waals surface area contributed by atoms with Crippen LogP contribution in [-0.4, -0.2) is 24.5 Å². The molecule has 98 valence electrons. The predicted molar refractivity (Wildman–Crippen MR) is 69.8 cm³/mol. The summed E-state index contributed by atoms with van der Waals surface area (Å²) in [6.07, 6.45) is 8.41. The number of amides is 1.